The molecule has 0 radical (unpaired) electrons. The Bertz CT molecular complexity index is 744. The normalized spacial score (nSPS) is 18.7. The Labute approximate surface area is 146 Å². The summed E-state index contributed by atoms with van der Waals surface area (Å²) in [5, 5.41) is 0.568. The Morgan fingerprint density at radius 3 is 2.46 bits per heavy atom. The highest BCUT2D eigenvalue weighted by atomic mass is 35.5. The fourth-order valence-corrected chi connectivity index (χ4v) is 3.49. The molecule has 0 N–H and O–H groups in total. The van der Waals surface area contributed by atoms with Crippen LogP contribution in [0.4, 0.5) is 15.8 Å². The molecule has 1 aliphatic heterocycles. The first-order valence-electron chi connectivity index (χ1n) is 8.03. The van der Waals surface area contributed by atoms with Crippen molar-refractivity contribution in [1.29, 1.82) is 0 Å². The van der Waals surface area contributed by atoms with E-state index in [-0.39, 0.29) is 5.82 Å². The van der Waals surface area contributed by atoms with Crippen LogP contribution in [-0.2, 0) is 4.79 Å². The van der Waals surface area contributed by atoms with E-state index in [1.54, 1.807) is 24.3 Å². The van der Waals surface area contributed by atoms with Gasteiger partial charge in [-0.15, -0.1) is 0 Å². The maximum Gasteiger partial charge on any atom is 0.146 e. The first kappa shape index (κ1) is 16.8. The maximum absolute atomic E-state index is 13.3. The number of rotatable bonds is 4. The van der Waals surface area contributed by atoms with Crippen molar-refractivity contribution in [3.05, 3.63) is 53.3 Å². The zero-order valence-electron chi connectivity index (χ0n) is 13.6. The summed E-state index contributed by atoms with van der Waals surface area (Å²) >= 11 is 6.12. The summed E-state index contributed by atoms with van der Waals surface area (Å²) < 4.78 is 19.6. The monoisotopic (exact) mass is 347 g/mol. The molecule has 0 fully saturated rings. The third-order valence-corrected chi connectivity index (χ3v) is 4.98. The number of fused-ring (bicyclic) bond motifs is 1. The Morgan fingerprint density at radius 2 is 1.88 bits per heavy atom. The van der Waals surface area contributed by atoms with Gasteiger partial charge in [0.25, 0.3) is 0 Å². The van der Waals surface area contributed by atoms with Gasteiger partial charge in [0.05, 0.1) is 5.69 Å². The van der Waals surface area contributed by atoms with Gasteiger partial charge < -0.3 is 14.4 Å². The second kappa shape index (κ2) is 6.44. The smallest absolute Gasteiger partial charge is 0.146 e. The molecule has 3 rings (SSSR count). The van der Waals surface area contributed by atoms with Gasteiger partial charge in [-0.1, -0.05) is 25.4 Å². The number of benzene rings is 2. The number of anilines is 2. The van der Waals surface area contributed by atoms with Gasteiger partial charge >= 0.3 is 0 Å². The molecule has 0 aromatic heterocycles. The van der Waals surface area contributed by atoms with Crippen LogP contribution in [0, 0.1) is 5.82 Å². The van der Waals surface area contributed by atoms with E-state index in [2.05, 4.69) is 0 Å². The zero-order valence-corrected chi connectivity index (χ0v) is 14.4. The van der Waals surface area contributed by atoms with Crippen molar-refractivity contribution in [3.8, 4) is 5.75 Å². The summed E-state index contributed by atoms with van der Waals surface area (Å²) in [7, 11) is 0. The Hall–Kier alpha value is -2.07. The third-order valence-electron chi connectivity index (χ3n) is 4.74. The highest BCUT2D eigenvalue weighted by Crippen LogP contribution is 2.47. The summed E-state index contributed by atoms with van der Waals surface area (Å²) in [6.07, 6.45) is 2.24. The number of carbonyl (C=O) groups excluding carboxylic acids is 1. The Morgan fingerprint density at radius 1 is 1.21 bits per heavy atom. The zero-order chi connectivity index (χ0) is 17.3. The van der Waals surface area contributed by atoms with Crippen molar-refractivity contribution in [2.24, 2.45) is 0 Å². The molecule has 1 atom stereocenters. The van der Waals surface area contributed by atoms with E-state index in [1.807, 2.05) is 24.8 Å². The van der Waals surface area contributed by atoms with Gasteiger partial charge in [-0.3, -0.25) is 0 Å². The lowest BCUT2D eigenvalue weighted by Gasteiger charge is -2.48. The molecule has 0 amide bonds. The van der Waals surface area contributed by atoms with Crippen molar-refractivity contribution < 1.29 is 13.9 Å². The molecular formula is C19H19ClFNO2. The van der Waals surface area contributed by atoms with Crippen molar-refractivity contribution in [2.45, 2.75) is 38.3 Å². The predicted molar refractivity (Wildman–Crippen MR) is 93.8 cm³/mol. The molecule has 0 aliphatic carbocycles. The van der Waals surface area contributed by atoms with Crippen LogP contribution in [0.2, 0.25) is 5.02 Å². The van der Waals surface area contributed by atoms with Crippen LogP contribution >= 0.6 is 11.6 Å². The molecule has 1 heterocycles. The van der Waals surface area contributed by atoms with Gasteiger partial charge in [0.1, 0.15) is 29.5 Å². The molecular weight excluding hydrogens is 329 g/mol. The van der Waals surface area contributed by atoms with E-state index < -0.39 is 11.6 Å². The summed E-state index contributed by atoms with van der Waals surface area (Å²) in [6.45, 7) is 4.00. The average molecular weight is 348 g/mol. The maximum atomic E-state index is 13.3. The Kier molecular flexibility index (Phi) is 4.50. The van der Waals surface area contributed by atoms with Crippen molar-refractivity contribution >= 4 is 29.3 Å². The second-order valence-electron chi connectivity index (χ2n) is 5.91. The molecule has 0 bridgehead atoms. The van der Waals surface area contributed by atoms with Crippen LogP contribution in [0.5, 0.6) is 5.75 Å². The number of nitrogens with zero attached hydrogens (tertiary/aromatic N) is 1. The van der Waals surface area contributed by atoms with E-state index in [4.69, 9.17) is 16.3 Å². The lowest BCUT2D eigenvalue weighted by atomic mass is 9.85. The summed E-state index contributed by atoms with van der Waals surface area (Å²) in [5.41, 5.74) is 0.834. The van der Waals surface area contributed by atoms with Crippen LogP contribution < -0.4 is 9.64 Å². The molecule has 24 heavy (non-hydrogen) atoms. The van der Waals surface area contributed by atoms with Crippen LogP contribution in [0.1, 0.15) is 26.7 Å². The SMILES string of the molecule is CCC1(CC)Oc2cc(Cl)ccc2N(c2ccc(F)cc2)C1C=O. The van der Waals surface area contributed by atoms with Crippen molar-refractivity contribution in [3.63, 3.8) is 0 Å². The highest BCUT2D eigenvalue weighted by molar-refractivity contribution is 6.30. The van der Waals surface area contributed by atoms with Gasteiger partial charge in [-0.05, 0) is 49.2 Å². The van der Waals surface area contributed by atoms with Crippen molar-refractivity contribution in [2.75, 3.05) is 4.90 Å². The average Bonchev–Trinajstić information content (AvgIpc) is 2.60. The minimum atomic E-state index is -0.659. The van der Waals surface area contributed by atoms with Crippen LogP contribution in [0.25, 0.3) is 0 Å². The standard InChI is InChI=1S/C19H19ClFNO2/c1-3-19(4-2)18(12-23)22(15-8-6-14(21)7-9-15)16-10-5-13(20)11-17(16)24-19/h5-12,18H,3-4H2,1-2H3. The topological polar surface area (TPSA) is 29.5 Å². The summed E-state index contributed by atoms with van der Waals surface area (Å²) in [6, 6.07) is 11.0. The molecule has 0 saturated heterocycles. The van der Waals surface area contributed by atoms with Crippen LogP contribution in [-0.4, -0.2) is 17.9 Å². The van der Waals surface area contributed by atoms with Crippen LogP contribution in [0.3, 0.4) is 0 Å². The van der Waals surface area contributed by atoms with E-state index in [9.17, 15) is 9.18 Å². The van der Waals surface area contributed by atoms with E-state index in [0.29, 0.717) is 23.6 Å². The quantitative estimate of drug-likeness (QED) is 0.717. The van der Waals surface area contributed by atoms with Gasteiger partial charge in [-0.2, -0.15) is 0 Å². The predicted octanol–water partition coefficient (Wildman–Crippen LogP) is 5.14. The molecule has 2 aromatic carbocycles. The molecule has 3 nitrogen and oxygen atoms in total. The molecule has 126 valence electrons. The minimum Gasteiger partial charge on any atom is -0.482 e. The minimum absolute atomic E-state index is 0.316. The molecule has 1 unspecified atom stereocenters. The molecule has 2 aromatic rings. The number of hydrogen-bond donors (Lipinski definition) is 0. The number of aldehydes is 1. The van der Waals surface area contributed by atoms with Gasteiger partial charge in [-0.25, -0.2) is 4.39 Å². The lowest BCUT2D eigenvalue weighted by Crippen LogP contribution is -2.58. The second-order valence-corrected chi connectivity index (χ2v) is 6.35. The van der Waals surface area contributed by atoms with E-state index in [1.165, 1.54) is 12.1 Å². The number of hydrogen-bond acceptors (Lipinski definition) is 3. The largest absolute Gasteiger partial charge is 0.482 e. The third kappa shape index (κ3) is 2.65. The Balaban J connectivity index is 2.22. The molecule has 0 spiro atoms. The van der Waals surface area contributed by atoms with Gasteiger partial charge in [0.15, 0.2) is 0 Å². The highest BCUT2D eigenvalue weighted by Gasteiger charge is 2.47. The number of carbonyl (C=O) groups is 1. The molecule has 0 saturated carbocycles. The van der Waals surface area contributed by atoms with Gasteiger partial charge in [0, 0.05) is 16.8 Å². The van der Waals surface area contributed by atoms with E-state index in [0.717, 1.165) is 17.7 Å². The lowest BCUT2D eigenvalue weighted by molar-refractivity contribution is -0.114. The first-order chi connectivity index (χ1) is 11.5. The van der Waals surface area contributed by atoms with Crippen LogP contribution in [0.15, 0.2) is 42.5 Å². The van der Waals surface area contributed by atoms with Crippen molar-refractivity contribution in [1.82, 2.24) is 0 Å². The summed E-state index contributed by atoms with van der Waals surface area (Å²) in [4.78, 5) is 13.9. The van der Waals surface area contributed by atoms with E-state index >= 15 is 0 Å². The molecule has 1 aliphatic rings. The molecule has 5 heteroatoms. The first-order valence-corrected chi connectivity index (χ1v) is 8.41. The number of ether oxygens (including phenoxy) is 1. The van der Waals surface area contributed by atoms with Gasteiger partial charge in [0.2, 0.25) is 0 Å². The number of halogens is 2. The fourth-order valence-electron chi connectivity index (χ4n) is 3.33. The summed E-state index contributed by atoms with van der Waals surface area (Å²) in [5.74, 6) is 0.317. The fraction of sp³-hybridized carbons (Fsp3) is 0.316.